The minimum absolute atomic E-state index is 0.385. The van der Waals surface area contributed by atoms with Crippen molar-refractivity contribution in [2.75, 3.05) is 24.7 Å². The monoisotopic (exact) mass is 137 g/mol. The number of anilines is 2. The summed E-state index contributed by atoms with van der Waals surface area (Å²) in [5.41, 5.74) is 7.09. The molecule has 10 heavy (non-hydrogen) atoms. The Morgan fingerprint density at radius 1 is 1.50 bits per heavy atom. The van der Waals surface area contributed by atoms with Gasteiger partial charge in [-0.15, -0.1) is 0 Å². The molecule has 1 aromatic rings. The number of rotatable bonds is 1. The van der Waals surface area contributed by atoms with Crippen LogP contribution in [0.5, 0.6) is 0 Å². The zero-order valence-electron chi connectivity index (χ0n) is 7.26. The van der Waals surface area contributed by atoms with Crippen LogP contribution in [0.1, 0.15) is 1.37 Å². The molecule has 0 saturated carbocycles. The minimum Gasteiger partial charge on any atom is -0.397 e. The number of nitrogens with two attached hydrogens (primary N) is 1. The summed E-state index contributed by atoms with van der Waals surface area (Å²) in [5, 5.41) is 0. The molecule has 1 aromatic carbocycles. The van der Waals surface area contributed by atoms with Gasteiger partial charge in [0.15, 0.2) is 0 Å². The average molecular weight is 137 g/mol. The number of para-hydroxylation sites is 2. The van der Waals surface area contributed by atoms with E-state index in [2.05, 4.69) is 0 Å². The second kappa shape index (κ2) is 2.60. The van der Waals surface area contributed by atoms with Gasteiger partial charge in [-0.3, -0.25) is 0 Å². The van der Waals surface area contributed by atoms with Gasteiger partial charge in [0, 0.05) is 14.1 Å². The summed E-state index contributed by atoms with van der Waals surface area (Å²) < 4.78 is 7.40. The number of nitrogens with zero attached hydrogens (tertiary/aromatic N) is 1. The summed E-state index contributed by atoms with van der Waals surface area (Å²) in [6.07, 6.45) is 0. The van der Waals surface area contributed by atoms with E-state index in [9.17, 15) is 0 Å². The van der Waals surface area contributed by atoms with Crippen LogP contribution in [-0.2, 0) is 0 Å². The van der Waals surface area contributed by atoms with Crippen LogP contribution in [0.2, 0.25) is 0 Å². The number of hydrogen-bond acceptors (Lipinski definition) is 2. The van der Waals surface area contributed by atoms with E-state index in [0.29, 0.717) is 11.7 Å². The van der Waals surface area contributed by atoms with Crippen LogP contribution in [0, 0.1) is 0 Å². The maximum Gasteiger partial charge on any atom is 0.0645 e. The normalized spacial score (nSPS) is 10.8. The molecule has 2 heteroatoms. The second-order valence-electron chi connectivity index (χ2n) is 2.36. The highest BCUT2D eigenvalue weighted by atomic mass is 15.1. The highest BCUT2D eigenvalue weighted by Crippen LogP contribution is 2.18. The smallest absolute Gasteiger partial charge is 0.0645 e. The van der Waals surface area contributed by atoms with Crippen molar-refractivity contribution in [2.45, 2.75) is 0 Å². The van der Waals surface area contributed by atoms with Crippen molar-refractivity contribution in [2.24, 2.45) is 0 Å². The molecule has 0 atom stereocenters. The predicted octanol–water partition coefficient (Wildman–Crippen LogP) is 1.33. The summed E-state index contributed by atoms with van der Waals surface area (Å²) in [7, 11) is 3.82. The highest BCUT2D eigenvalue weighted by Gasteiger charge is 1.96. The molecule has 0 aromatic heterocycles. The molecule has 1 rings (SSSR count). The first-order valence-corrected chi connectivity index (χ1v) is 3.15. The SMILES string of the molecule is [2H]c1cccc(N(C)C)c1N. The molecule has 0 unspecified atom stereocenters. The summed E-state index contributed by atoms with van der Waals surface area (Å²) in [6, 6.07) is 5.79. The summed E-state index contributed by atoms with van der Waals surface area (Å²) in [6.45, 7) is 0. The van der Waals surface area contributed by atoms with Gasteiger partial charge in [0.2, 0.25) is 0 Å². The molecule has 0 aliphatic rings. The molecule has 0 saturated heterocycles. The van der Waals surface area contributed by atoms with Crippen LogP contribution >= 0.6 is 0 Å². The molecular formula is C8H12N2. The lowest BCUT2D eigenvalue weighted by Crippen LogP contribution is -2.10. The summed E-state index contributed by atoms with van der Waals surface area (Å²) in [4.78, 5) is 1.90. The van der Waals surface area contributed by atoms with E-state index in [-0.39, 0.29) is 0 Å². The Balaban J connectivity index is 3.17. The third-order valence-electron chi connectivity index (χ3n) is 1.35. The Kier molecular flexibility index (Phi) is 1.46. The van der Waals surface area contributed by atoms with Crippen LogP contribution < -0.4 is 10.6 Å². The van der Waals surface area contributed by atoms with Gasteiger partial charge in [0.1, 0.15) is 0 Å². The third-order valence-corrected chi connectivity index (χ3v) is 1.35. The van der Waals surface area contributed by atoms with Crippen molar-refractivity contribution in [3.63, 3.8) is 0 Å². The molecule has 54 valence electrons. The van der Waals surface area contributed by atoms with E-state index in [1.54, 1.807) is 6.07 Å². The molecule has 0 fully saturated rings. The molecule has 2 nitrogen and oxygen atoms in total. The second-order valence-corrected chi connectivity index (χ2v) is 2.36. The van der Waals surface area contributed by atoms with Gasteiger partial charge in [-0.25, -0.2) is 0 Å². The van der Waals surface area contributed by atoms with Crippen molar-refractivity contribution >= 4 is 11.4 Å². The van der Waals surface area contributed by atoms with E-state index in [0.717, 1.165) is 5.69 Å². The van der Waals surface area contributed by atoms with Gasteiger partial charge < -0.3 is 10.6 Å². The van der Waals surface area contributed by atoms with Crippen molar-refractivity contribution < 1.29 is 1.37 Å². The molecule has 0 spiro atoms. The zero-order valence-corrected chi connectivity index (χ0v) is 6.26. The van der Waals surface area contributed by atoms with Crippen molar-refractivity contribution in [1.82, 2.24) is 0 Å². The minimum atomic E-state index is 0.385. The van der Waals surface area contributed by atoms with E-state index < -0.39 is 0 Å². The summed E-state index contributed by atoms with van der Waals surface area (Å²) >= 11 is 0. The van der Waals surface area contributed by atoms with E-state index >= 15 is 0 Å². The van der Waals surface area contributed by atoms with Gasteiger partial charge in [0.25, 0.3) is 0 Å². The lowest BCUT2D eigenvalue weighted by molar-refractivity contribution is 1.13. The molecular weight excluding hydrogens is 124 g/mol. The van der Waals surface area contributed by atoms with E-state index in [1.165, 1.54) is 0 Å². The molecule has 0 radical (unpaired) electrons. The first-order chi connectivity index (χ1) is 5.13. The van der Waals surface area contributed by atoms with Crippen LogP contribution in [0.25, 0.3) is 0 Å². The standard InChI is InChI=1S/C8H12N2/c1-10(2)8-6-4-3-5-7(8)9/h3-6H,9H2,1-2H3/i5D. The Bertz CT molecular complexity index is 258. The fourth-order valence-corrected chi connectivity index (χ4v) is 0.831. The molecule has 0 aliphatic heterocycles. The number of hydrogen-bond donors (Lipinski definition) is 1. The average Bonchev–Trinajstić information content (AvgIpc) is 1.94. The van der Waals surface area contributed by atoms with Crippen molar-refractivity contribution in [3.8, 4) is 0 Å². The van der Waals surface area contributed by atoms with Gasteiger partial charge in [-0.05, 0) is 12.1 Å². The molecule has 0 aliphatic carbocycles. The molecule has 0 amide bonds. The first kappa shape index (κ1) is 5.59. The van der Waals surface area contributed by atoms with Gasteiger partial charge in [-0.2, -0.15) is 0 Å². The van der Waals surface area contributed by atoms with Gasteiger partial charge >= 0.3 is 0 Å². The van der Waals surface area contributed by atoms with Crippen molar-refractivity contribution in [1.29, 1.82) is 0 Å². The van der Waals surface area contributed by atoms with E-state index in [4.69, 9.17) is 7.10 Å². The maximum absolute atomic E-state index is 7.40. The lowest BCUT2D eigenvalue weighted by atomic mass is 10.2. The molecule has 2 N–H and O–H groups in total. The fourth-order valence-electron chi connectivity index (χ4n) is 0.831. The first-order valence-electron chi connectivity index (χ1n) is 3.65. The lowest BCUT2D eigenvalue weighted by Gasteiger charge is -2.13. The van der Waals surface area contributed by atoms with Gasteiger partial charge in [0.05, 0.1) is 12.7 Å². The molecule has 0 heterocycles. The maximum atomic E-state index is 7.40. The predicted molar refractivity (Wildman–Crippen MR) is 45.2 cm³/mol. The van der Waals surface area contributed by atoms with Crippen molar-refractivity contribution in [3.05, 3.63) is 24.2 Å². The number of nitrogen functional groups attached to an aromatic ring is 1. The van der Waals surface area contributed by atoms with Crippen LogP contribution in [-0.4, -0.2) is 14.1 Å². The third kappa shape index (κ3) is 1.21. The van der Waals surface area contributed by atoms with Crippen LogP contribution in [0.3, 0.4) is 0 Å². The zero-order chi connectivity index (χ0) is 8.43. The number of benzene rings is 1. The Morgan fingerprint density at radius 3 is 2.70 bits per heavy atom. The summed E-state index contributed by atoms with van der Waals surface area (Å²) in [5.74, 6) is 0. The highest BCUT2D eigenvalue weighted by molar-refractivity contribution is 5.66. The fraction of sp³-hybridized carbons (Fsp3) is 0.250. The Morgan fingerprint density at radius 2 is 2.20 bits per heavy atom. The Labute approximate surface area is 62.7 Å². The van der Waals surface area contributed by atoms with Crippen LogP contribution in [0.4, 0.5) is 11.4 Å². The quantitative estimate of drug-likeness (QED) is 0.592. The molecule has 0 bridgehead atoms. The van der Waals surface area contributed by atoms with Crippen LogP contribution in [0.15, 0.2) is 24.2 Å². The topological polar surface area (TPSA) is 29.3 Å². The van der Waals surface area contributed by atoms with E-state index in [1.807, 2.05) is 31.1 Å². The Hall–Kier alpha value is -1.18. The largest absolute Gasteiger partial charge is 0.397 e. The van der Waals surface area contributed by atoms with Gasteiger partial charge in [-0.1, -0.05) is 12.1 Å².